The van der Waals surface area contributed by atoms with E-state index in [2.05, 4.69) is 4.98 Å². The second kappa shape index (κ2) is 2.75. The van der Waals surface area contributed by atoms with Crippen molar-refractivity contribution in [2.24, 2.45) is 13.0 Å². The van der Waals surface area contributed by atoms with E-state index in [4.69, 9.17) is 11.6 Å². The summed E-state index contributed by atoms with van der Waals surface area (Å²) < 4.78 is 1.73. The molecule has 1 saturated carbocycles. The van der Waals surface area contributed by atoms with E-state index >= 15 is 0 Å². The summed E-state index contributed by atoms with van der Waals surface area (Å²) in [6.07, 6.45) is 3.35. The van der Waals surface area contributed by atoms with Gasteiger partial charge in [-0.25, -0.2) is 4.98 Å². The van der Waals surface area contributed by atoms with Crippen LogP contribution in [0.3, 0.4) is 0 Å². The van der Waals surface area contributed by atoms with Crippen LogP contribution in [0.5, 0.6) is 0 Å². The predicted octanol–water partition coefficient (Wildman–Crippen LogP) is 1.52. The number of hydrogen-bond acceptors (Lipinski definition) is 2. The largest absolute Gasteiger partial charge is 0.385 e. The molecule has 0 radical (unpaired) electrons. The molecule has 66 valence electrons. The Hall–Kier alpha value is -0.540. The molecule has 0 spiro atoms. The molecule has 1 N–H and O–H groups in total. The van der Waals surface area contributed by atoms with Crippen molar-refractivity contribution in [1.29, 1.82) is 0 Å². The fourth-order valence-electron chi connectivity index (χ4n) is 1.30. The molecule has 12 heavy (non-hydrogen) atoms. The molecule has 1 unspecified atom stereocenters. The Balaban J connectivity index is 2.25. The summed E-state index contributed by atoms with van der Waals surface area (Å²) in [5, 5.41) is 10.3. The minimum Gasteiger partial charge on any atom is -0.385 e. The summed E-state index contributed by atoms with van der Waals surface area (Å²) in [6, 6.07) is 0. The first-order valence-corrected chi connectivity index (χ1v) is 4.43. The Morgan fingerprint density at radius 2 is 2.42 bits per heavy atom. The lowest BCUT2D eigenvalue weighted by molar-refractivity contribution is 0.141. The fourth-order valence-corrected chi connectivity index (χ4v) is 1.43. The van der Waals surface area contributed by atoms with Crippen molar-refractivity contribution in [3.05, 3.63) is 17.2 Å². The Morgan fingerprint density at radius 1 is 1.75 bits per heavy atom. The van der Waals surface area contributed by atoms with Gasteiger partial charge in [0, 0.05) is 7.05 Å². The lowest BCUT2D eigenvalue weighted by atomic mass is 10.2. The molecule has 3 nitrogen and oxygen atoms in total. The maximum atomic E-state index is 9.71. The van der Waals surface area contributed by atoms with Gasteiger partial charge < -0.3 is 9.67 Å². The lowest BCUT2D eigenvalue weighted by Gasteiger charge is -2.08. The van der Waals surface area contributed by atoms with Gasteiger partial charge in [-0.2, -0.15) is 0 Å². The van der Waals surface area contributed by atoms with Crippen molar-refractivity contribution in [3.63, 3.8) is 0 Å². The van der Waals surface area contributed by atoms with Gasteiger partial charge in [-0.15, -0.1) is 0 Å². The minimum absolute atomic E-state index is 0.405. The molecule has 0 bridgehead atoms. The van der Waals surface area contributed by atoms with Gasteiger partial charge in [-0.3, -0.25) is 0 Å². The van der Waals surface area contributed by atoms with E-state index in [0.29, 0.717) is 16.9 Å². The fraction of sp³-hybridized carbons (Fsp3) is 0.625. The molecule has 1 atom stereocenters. The van der Waals surface area contributed by atoms with Crippen molar-refractivity contribution in [3.8, 4) is 0 Å². The molecule has 2 rings (SSSR count). The maximum absolute atomic E-state index is 9.71. The summed E-state index contributed by atoms with van der Waals surface area (Å²) in [7, 11) is 1.82. The summed E-state index contributed by atoms with van der Waals surface area (Å²) in [4.78, 5) is 4.06. The highest BCUT2D eigenvalue weighted by Crippen LogP contribution is 2.40. The average molecular weight is 187 g/mol. The van der Waals surface area contributed by atoms with Gasteiger partial charge in [-0.05, 0) is 18.8 Å². The highest BCUT2D eigenvalue weighted by Gasteiger charge is 2.33. The molecular formula is C8H11ClN2O. The molecule has 1 aliphatic carbocycles. The SMILES string of the molecule is Cn1c(Cl)cnc1C(O)C1CC1. The zero-order chi connectivity index (χ0) is 8.72. The second-order valence-electron chi connectivity index (χ2n) is 3.28. The topological polar surface area (TPSA) is 38.0 Å². The number of imidazole rings is 1. The van der Waals surface area contributed by atoms with Crippen LogP contribution in [0, 0.1) is 5.92 Å². The van der Waals surface area contributed by atoms with Gasteiger partial charge in [0.2, 0.25) is 0 Å². The van der Waals surface area contributed by atoms with E-state index in [1.165, 1.54) is 0 Å². The third kappa shape index (κ3) is 1.23. The van der Waals surface area contributed by atoms with E-state index in [9.17, 15) is 5.11 Å². The summed E-state index contributed by atoms with van der Waals surface area (Å²) in [6.45, 7) is 0. The van der Waals surface area contributed by atoms with Crippen LogP contribution in [0.4, 0.5) is 0 Å². The molecule has 1 aliphatic rings. The maximum Gasteiger partial charge on any atom is 0.138 e. The van der Waals surface area contributed by atoms with Crippen molar-refractivity contribution < 1.29 is 5.11 Å². The van der Waals surface area contributed by atoms with Gasteiger partial charge in [0.15, 0.2) is 0 Å². The third-order valence-electron chi connectivity index (χ3n) is 2.30. The van der Waals surface area contributed by atoms with E-state index in [1.807, 2.05) is 7.05 Å². The number of aromatic nitrogens is 2. The molecule has 4 heteroatoms. The number of nitrogens with zero attached hydrogens (tertiary/aromatic N) is 2. The first-order valence-electron chi connectivity index (χ1n) is 4.05. The van der Waals surface area contributed by atoms with Crippen LogP contribution in [0.15, 0.2) is 6.20 Å². The Labute approximate surface area is 76.0 Å². The minimum atomic E-state index is -0.428. The van der Waals surface area contributed by atoms with E-state index in [0.717, 1.165) is 12.8 Å². The smallest absolute Gasteiger partial charge is 0.138 e. The van der Waals surface area contributed by atoms with Gasteiger partial charge in [0.25, 0.3) is 0 Å². The number of halogens is 1. The first-order chi connectivity index (χ1) is 5.70. The highest BCUT2D eigenvalue weighted by atomic mass is 35.5. The first kappa shape index (κ1) is 8.08. The molecule has 1 aromatic heterocycles. The Kier molecular flexibility index (Phi) is 1.85. The third-order valence-corrected chi connectivity index (χ3v) is 2.65. The normalized spacial score (nSPS) is 19.6. The summed E-state index contributed by atoms with van der Waals surface area (Å²) in [5.74, 6) is 1.09. The van der Waals surface area contributed by atoms with Crippen LogP contribution in [0.1, 0.15) is 24.8 Å². The van der Waals surface area contributed by atoms with Crippen LogP contribution in [-0.2, 0) is 7.05 Å². The van der Waals surface area contributed by atoms with Crippen LogP contribution >= 0.6 is 11.6 Å². The van der Waals surface area contributed by atoms with Crippen LogP contribution in [0.2, 0.25) is 5.15 Å². The molecule has 1 fully saturated rings. The zero-order valence-corrected chi connectivity index (χ0v) is 7.62. The van der Waals surface area contributed by atoms with Crippen LogP contribution in [-0.4, -0.2) is 14.7 Å². The van der Waals surface area contributed by atoms with Gasteiger partial charge in [0.05, 0.1) is 6.20 Å². The van der Waals surface area contributed by atoms with Crippen molar-refractivity contribution in [2.45, 2.75) is 18.9 Å². The van der Waals surface area contributed by atoms with Crippen LogP contribution in [0.25, 0.3) is 0 Å². The summed E-state index contributed by atoms with van der Waals surface area (Å²) >= 11 is 5.79. The molecular weight excluding hydrogens is 176 g/mol. The van der Waals surface area contributed by atoms with Gasteiger partial charge >= 0.3 is 0 Å². The summed E-state index contributed by atoms with van der Waals surface area (Å²) in [5.41, 5.74) is 0. The van der Waals surface area contributed by atoms with Crippen molar-refractivity contribution in [2.75, 3.05) is 0 Å². The lowest BCUT2D eigenvalue weighted by Crippen LogP contribution is -2.07. The average Bonchev–Trinajstić information content (AvgIpc) is 2.82. The number of hydrogen-bond donors (Lipinski definition) is 1. The van der Waals surface area contributed by atoms with E-state index in [1.54, 1.807) is 10.8 Å². The van der Waals surface area contributed by atoms with Gasteiger partial charge in [-0.1, -0.05) is 11.6 Å². The highest BCUT2D eigenvalue weighted by molar-refractivity contribution is 6.29. The molecule has 0 amide bonds. The van der Waals surface area contributed by atoms with E-state index in [-0.39, 0.29) is 0 Å². The molecule has 1 aromatic rings. The molecule has 1 heterocycles. The quantitative estimate of drug-likeness (QED) is 0.761. The zero-order valence-electron chi connectivity index (χ0n) is 6.87. The molecule has 0 aromatic carbocycles. The van der Waals surface area contributed by atoms with Crippen LogP contribution < -0.4 is 0 Å². The Morgan fingerprint density at radius 3 is 2.83 bits per heavy atom. The van der Waals surface area contributed by atoms with Crippen molar-refractivity contribution >= 4 is 11.6 Å². The van der Waals surface area contributed by atoms with E-state index < -0.39 is 6.10 Å². The monoisotopic (exact) mass is 186 g/mol. The van der Waals surface area contributed by atoms with Crippen molar-refractivity contribution in [1.82, 2.24) is 9.55 Å². The number of aliphatic hydroxyl groups is 1. The Bertz CT molecular complexity index is 293. The second-order valence-corrected chi connectivity index (χ2v) is 3.67. The predicted molar refractivity (Wildman–Crippen MR) is 45.9 cm³/mol. The van der Waals surface area contributed by atoms with Gasteiger partial charge in [0.1, 0.15) is 17.1 Å². The standard InChI is InChI=1S/C8H11ClN2O/c1-11-6(9)4-10-8(11)7(12)5-2-3-5/h4-5,7,12H,2-3H2,1H3. The number of rotatable bonds is 2. The molecule has 0 saturated heterocycles. The number of aliphatic hydroxyl groups excluding tert-OH is 1. The molecule has 0 aliphatic heterocycles.